The molecule has 5 nitrogen and oxygen atoms in total. The Morgan fingerprint density at radius 3 is 2.27 bits per heavy atom. The molecule has 0 aliphatic carbocycles. The highest BCUT2D eigenvalue weighted by Crippen LogP contribution is 2.34. The second-order valence-corrected chi connectivity index (χ2v) is 8.05. The van der Waals surface area contributed by atoms with Crippen molar-refractivity contribution in [3.63, 3.8) is 0 Å². The first-order valence-corrected chi connectivity index (χ1v) is 10.8. The summed E-state index contributed by atoms with van der Waals surface area (Å²) >= 11 is 0. The number of anilines is 2. The average Bonchev–Trinajstić information content (AvgIpc) is 2.81. The number of nitrogen functional groups attached to an aromatic ring is 1. The van der Waals surface area contributed by atoms with E-state index in [1.54, 1.807) is 31.2 Å². The minimum absolute atomic E-state index is 0.0103. The molecule has 8 heteroatoms. The van der Waals surface area contributed by atoms with Crippen LogP contribution in [-0.2, 0) is 12.5 Å². The van der Waals surface area contributed by atoms with Gasteiger partial charge < -0.3 is 10.6 Å². The zero-order valence-corrected chi connectivity index (χ0v) is 18.4. The van der Waals surface area contributed by atoms with Gasteiger partial charge in [0.2, 0.25) is 0 Å². The van der Waals surface area contributed by atoms with Crippen LogP contribution in [0.4, 0.5) is 24.8 Å². The van der Waals surface area contributed by atoms with Crippen molar-refractivity contribution in [1.82, 2.24) is 14.9 Å². The summed E-state index contributed by atoms with van der Waals surface area (Å²) < 4.78 is 41.4. The highest BCUT2D eigenvalue weighted by atomic mass is 19.3. The molecule has 0 atom stereocenters. The van der Waals surface area contributed by atoms with Gasteiger partial charge >= 0.3 is 0 Å². The van der Waals surface area contributed by atoms with Gasteiger partial charge in [0.1, 0.15) is 23.8 Å². The van der Waals surface area contributed by atoms with E-state index >= 15 is 0 Å². The highest BCUT2D eigenvalue weighted by Gasteiger charge is 2.27. The van der Waals surface area contributed by atoms with Gasteiger partial charge in [0.25, 0.3) is 5.92 Å². The van der Waals surface area contributed by atoms with Crippen LogP contribution in [0.3, 0.4) is 0 Å². The summed E-state index contributed by atoms with van der Waals surface area (Å²) in [6.07, 6.45) is 3.70. The minimum Gasteiger partial charge on any atom is -0.383 e. The lowest BCUT2D eigenvalue weighted by atomic mass is 10.0. The molecule has 2 N–H and O–H groups in total. The fourth-order valence-corrected chi connectivity index (χ4v) is 4.04. The van der Waals surface area contributed by atoms with Crippen LogP contribution in [0.15, 0.2) is 67.0 Å². The van der Waals surface area contributed by atoms with Crippen molar-refractivity contribution in [1.29, 1.82) is 0 Å². The highest BCUT2D eigenvalue weighted by molar-refractivity contribution is 5.84. The SMILES string of the molecule is CC=CC(F)(F)c1ccc(CN2CCN(c3ncnc(N)c3-c3ccc(F)cc3)CC2)cc1. The molecular weight excluding hydrogens is 427 g/mol. The van der Waals surface area contributed by atoms with Gasteiger partial charge in [-0.05, 0) is 36.3 Å². The fourth-order valence-electron chi connectivity index (χ4n) is 4.04. The second-order valence-electron chi connectivity index (χ2n) is 8.05. The molecular formula is C25H26F3N5. The third-order valence-electron chi connectivity index (χ3n) is 5.78. The Morgan fingerprint density at radius 2 is 1.64 bits per heavy atom. The monoisotopic (exact) mass is 453 g/mol. The lowest BCUT2D eigenvalue weighted by Crippen LogP contribution is -2.46. The van der Waals surface area contributed by atoms with Crippen molar-refractivity contribution < 1.29 is 13.2 Å². The summed E-state index contributed by atoms with van der Waals surface area (Å²) in [7, 11) is 0. The number of allylic oxidation sites excluding steroid dienone is 2. The van der Waals surface area contributed by atoms with Gasteiger partial charge in [-0.1, -0.05) is 42.5 Å². The summed E-state index contributed by atoms with van der Waals surface area (Å²) in [5.41, 5.74) is 8.59. The minimum atomic E-state index is -2.96. The zero-order valence-electron chi connectivity index (χ0n) is 18.4. The molecule has 1 saturated heterocycles. The van der Waals surface area contributed by atoms with Crippen molar-refractivity contribution in [3.8, 4) is 11.1 Å². The maximum atomic E-state index is 14.0. The van der Waals surface area contributed by atoms with E-state index < -0.39 is 5.92 Å². The van der Waals surface area contributed by atoms with Gasteiger partial charge in [-0.25, -0.2) is 14.4 Å². The molecule has 0 amide bonds. The number of aromatic nitrogens is 2. The molecule has 0 spiro atoms. The van der Waals surface area contributed by atoms with Crippen LogP contribution in [0.5, 0.6) is 0 Å². The van der Waals surface area contributed by atoms with E-state index in [-0.39, 0.29) is 11.4 Å². The van der Waals surface area contributed by atoms with Gasteiger partial charge in [0.05, 0.1) is 5.56 Å². The third-order valence-corrected chi connectivity index (χ3v) is 5.78. The summed E-state index contributed by atoms with van der Waals surface area (Å²) in [5.74, 6) is -2.20. The lowest BCUT2D eigenvalue weighted by molar-refractivity contribution is 0.0519. The molecule has 172 valence electrons. The van der Waals surface area contributed by atoms with E-state index in [2.05, 4.69) is 19.8 Å². The van der Waals surface area contributed by atoms with E-state index in [9.17, 15) is 13.2 Å². The predicted molar refractivity (Wildman–Crippen MR) is 124 cm³/mol. The molecule has 1 fully saturated rings. The second kappa shape index (κ2) is 9.62. The standard InChI is InChI=1S/C25H26F3N5/c1-2-11-25(27,28)20-7-3-18(4-8-20)16-32-12-14-33(15-13-32)24-22(23(29)30-17-31-24)19-5-9-21(26)10-6-19/h2-11,17H,12-16H2,1H3,(H2,29,30,31). The number of alkyl halides is 2. The van der Waals surface area contributed by atoms with Crippen LogP contribution in [0, 0.1) is 5.82 Å². The molecule has 1 aliphatic rings. The van der Waals surface area contributed by atoms with Crippen LogP contribution < -0.4 is 10.6 Å². The number of rotatable bonds is 6. The van der Waals surface area contributed by atoms with Gasteiger partial charge in [-0.15, -0.1) is 0 Å². The fraction of sp³-hybridized carbons (Fsp3) is 0.280. The topological polar surface area (TPSA) is 58.3 Å². The largest absolute Gasteiger partial charge is 0.383 e. The van der Waals surface area contributed by atoms with Crippen molar-refractivity contribution in [2.45, 2.75) is 19.4 Å². The zero-order chi connectivity index (χ0) is 23.4. The number of nitrogens with two attached hydrogens (primary N) is 1. The molecule has 0 bridgehead atoms. The third kappa shape index (κ3) is 5.17. The van der Waals surface area contributed by atoms with Crippen LogP contribution in [-0.4, -0.2) is 41.0 Å². The van der Waals surface area contributed by atoms with Gasteiger partial charge in [0, 0.05) is 38.3 Å². The maximum Gasteiger partial charge on any atom is 0.291 e. The van der Waals surface area contributed by atoms with E-state index in [0.29, 0.717) is 17.9 Å². The average molecular weight is 454 g/mol. The van der Waals surface area contributed by atoms with Crippen molar-refractivity contribution in [2.24, 2.45) is 0 Å². The molecule has 3 aromatic rings. The van der Waals surface area contributed by atoms with Crippen LogP contribution >= 0.6 is 0 Å². The molecule has 4 rings (SSSR count). The van der Waals surface area contributed by atoms with Crippen LogP contribution in [0.2, 0.25) is 0 Å². The van der Waals surface area contributed by atoms with Crippen LogP contribution in [0.1, 0.15) is 18.1 Å². The normalized spacial score (nSPS) is 15.3. The number of benzene rings is 2. The number of nitrogens with zero attached hydrogens (tertiary/aromatic N) is 4. The van der Waals surface area contributed by atoms with E-state index in [1.165, 1.54) is 36.7 Å². The Labute approximate surface area is 191 Å². The van der Waals surface area contributed by atoms with Crippen molar-refractivity contribution >= 4 is 11.6 Å². The summed E-state index contributed by atoms with van der Waals surface area (Å²) in [6, 6.07) is 12.6. The molecule has 0 radical (unpaired) electrons. The van der Waals surface area contributed by atoms with E-state index in [1.807, 2.05) is 0 Å². The first-order chi connectivity index (χ1) is 15.9. The van der Waals surface area contributed by atoms with Gasteiger partial charge in [-0.2, -0.15) is 8.78 Å². The Bertz CT molecular complexity index is 1110. The van der Waals surface area contributed by atoms with Crippen molar-refractivity contribution in [3.05, 3.63) is 84.0 Å². The molecule has 2 heterocycles. The summed E-state index contributed by atoms with van der Waals surface area (Å²) in [4.78, 5) is 13.0. The quantitative estimate of drug-likeness (QED) is 0.541. The lowest BCUT2D eigenvalue weighted by Gasteiger charge is -2.36. The molecule has 33 heavy (non-hydrogen) atoms. The number of hydrogen-bond donors (Lipinski definition) is 1. The van der Waals surface area contributed by atoms with Gasteiger partial charge in [-0.3, -0.25) is 4.90 Å². The first-order valence-electron chi connectivity index (χ1n) is 10.8. The number of halogens is 3. The molecule has 0 saturated carbocycles. The number of hydrogen-bond acceptors (Lipinski definition) is 5. The smallest absolute Gasteiger partial charge is 0.291 e. The summed E-state index contributed by atoms with van der Waals surface area (Å²) in [6.45, 7) is 5.27. The van der Waals surface area contributed by atoms with Crippen molar-refractivity contribution in [2.75, 3.05) is 36.8 Å². The molecule has 0 unspecified atom stereocenters. The molecule has 2 aromatic carbocycles. The van der Waals surface area contributed by atoms with E-state index in [4.69, 9.17) is 5.73 Å². The Balaban J connectivity index is 1.43. The number of piperazine rings is 1. The molecule has 1 aromatic heterocycles. The predicted octanol–water partition coefficient (Wildman–Crippen LogP) is 4.86. The van der Waals surface area contributed by atoms with Crippen LogP contribution in [0.25, 0.3) is 11.1 Å². The maximum absolute atomic E-state index is 14.0. The Hall–Kier alpha value is -3.39. The van der Waals surface area contributed by atoms with E-state index in [0.717, 1.165) is 49.2 Å². The summed E-state index contributed by atoms with van der Waals surface area (Å²) in [5, 5.41) is 0. The Morgan fingerprint density at radius 1 is 0.970 bits per heavy atom. The van der Waals surface area contributed by atoms with Gasteiger partial charge in [0.15, 0.2) is 0 Å². The molecule has 1 aliphatic heterocycles. The first kappa shape index (κ1) is 22.8. The Kier molecular flexibility index (Phi) is 6.65.